The molecule has 5 nitrogen and oxygen atoms in total. The fraction of sp³-hybridized carbons (Fsp3) is 0.545. The molecule has 1 N–H and O–H groups in total. The van der Waals surface area contributed by atoms with Crippen LogP contribution in [0.25, 0.3) is 0 Å². The average molecular weight is 252 g/mol. The van der Waals surface area contributed by atoms with E-state index in [0.717, 1.165) is 31.0 Å². The second kappa shape index (κ2) is 5.86. The molecular weight excluding hydrogens is 236 g/mol. The van der Waals surface area contributed by atoms with Crippen molar-refractivity contribution in [1.29, 1.82) is 0 Å². The first-order valence-corrected chi connectivity index (χ1v) is 6.83. The van der Waals surface area contributed by atoms with E-state index in [9.17, 15) is 4.79 Å². The summed E-state index contributed by atoms with van der Waals surface area (Å²) >= 11 is 1.90. The van der Waals surface area contributed by atoms with Gasteiger partial charge in [0.05, 0.1) is 12.4 Å². The summed E-state index contributed by atoms with van der Waals surface area (Å²) in [5.74, 6) is 2.74. The fourth-order valence-electron chi connectivity index (χ4n) is 1.70. The van der Waals surface area contributed by atoms with Crippen LogP contribution in [0.4, 0.5) is 5.82 Å². The molecule has 1 fully saturated rings. The third-order valence-electron chi connectivity index (χ3n) is 2.62. The highest BCUT2D eigenvalue weighted by Gasteiger charge is 2.18. The first kappa shape index (κ1) is 12.2. The number of hydrogen-bond acceptors (Lipinski definition) is 5. The van der Waals surface area contributed by atoms with Gasteiger partial charge in [0, 0.05) is 25.9 Å². The predicted molar refractivity (Wildman–Crippen MR) is 69.4 cm³/mol. The van der Waals surface area contributed by atoms with Crippen molar-refractivity contribution >= 4 is 23.5 Å². The van der Waals surface area contributed by atoms with Crippen LogP contribution in [-0.4, -0.2) is 52.4 Å². The Bertz CT molecular complexity index is 391. The molecule has 0 atom stereocenters. The predicted octanol–water partition coefficient (Wildman–Crippen LogP) is 1.10. The lowest BCUT2D eigenvalue weighted by molar-refractivity contribution is 0.0762. The van der Waals surface area contributed by atoms with Crippen molar-refractivity contribution in [2.45, 2.75) is 6.42 Å². The summed E-state index contributed by atoms with van der Waals surface area (Å²) in [6.45, 7) is 1.62. The van der Waals surface area contributed by atoms with Gasteiger partial charge in [0.1, 0.15) is 11.5 Å². The lowest BCUT2D eigenvalue weighted by atomic mass is 10.3. The fourth-order valence-corrected chi connectivity index (χ4v) is 2.59. The Kier molecular flexibility index (Phi) is 4.19. The Labute approximate surface area is 105 Å². The van der Waals surface area contributed by atoms with Gasteiger partial charge in [0.25, 0.3) is 5.91 Å². The van der Waals surface area contributed by atoms with E-state index in [1.807, 2.05) is 16.7 Å². The monoisotopic (exact) mass is 252 g/mol. The van der Waals surface area contributed by atoms with Crippen LogP contribution in [-0.2, 0) is 0 Å². The van der Waals surface area contributed by atoms with Gasteiger partial charge < -0.3 is 10.2 Å². The molecule has 1 aliphatic heterocycles. The van der Waals surface area contributed by atoms with E-state index in [-0.39, 0.29) is 5.91 Å². The Hall–Kier alpha value is -1.30. The molecule has 0 radical (unpaired) electrons. The normalized spacial score (nSPS) is 16.4. The van der Waals surface area contributed by atoms with Gasteiger partial charge in [-0.2, -0.15) is 11.8 Å². The van der Waals surface area contributed by atoms with Gasteiger partial charge in [0.2, 0.25) is 0 Å². The summed E-state index contributed by atoms with van der Waals surface area (Å²) in [4.78, 5) is 22.3. The maximum atomic E-state index is 12.2. The molecule has 6 heteroatoms. The van der Waals surface area contributed by atoms with E-state index in [2.05, 4.69) is 15.3 Å². The Morgan fingerprint density at radius 2 is 2.29 bits per heavy atom. The molecule has 0 aromatic carbocycles. The van der Waals surface area contributed by atoms with Crippen molar-refractivity contribution in [2.24, 2.45) is 0 Å². The van der Waals surface area contributed by atoms with Crippen LogP contribution in [0, 0.1) is 0 Å². The van der Waals surface area contributed by atoms with Crippen molar-refractivity contribution in [1.82, 2.24) is 14.9 Å². The van der Waals surface area contributed by atoms with Gasteiger partial charge in [-0.25, -0.2) is 4.98 Å². The highest BCUT2D eigenvalue weighted by Crippen LogP contribution is 2.12. The quantitative estimate of drug-likeness (QED) is 0.854. The first-order chi connectivity index (χ1) is 8.31. The zero-order chi connectivity index (χ0) is 12.1. The van der Waals surface area contributed by atoms with Crippen LogP contribution in [0.5, 0.6) is 0 Å². The molecule has 2 rings (SSSR count). The second-order valence-corrected chi connectivity index (χ2v) is 5.02. The van der Waals surface area contributed by atoms with Crippen LogP contribution in [0.1, 0.15) is 16.9 Å². The minimum absolute atomic E-state index is 0.0166. The lowest BCUT2D eigenvalue weighted by Crippen LogP contribution is -2.33. The number of nitrogens with one attached hydrogen (secondary N) is 1. The molecule has 0 aliphatic carbocycles. The third-order valence-corrected chi connectivity index (χ3v) is 3.67. The van der Waals surface area contributed by atoms with Crippen LogP contribution >= 0.6 is 11.8 Å². The molecular formula is C11H16N4OS. The zero-order valence-corrected chi connectivity index (χ0v) is 10.7. The zero-order valence-electron chi connectivity index (χ0n) is 9.85. The van der Waals surface area contributed by atoms with Crippen molar-refractivity contribution < 1.29 is 4.79 Å². The molecule has 1 aromatic heterocycles. The van der Waals surface area contributed by atoms with Crippen LogP contribution < -0.4 is 5.32 Å². The van der Waals surface area contributed by atoms with Crippen molar-refractivity contribution in [3.8, 4) is 0 Å². The minimum Gasteiger partial charge on any atom is -0.372 e. The third kappa shape index (κ3) is 3.09. The number of carbonyl (C=O) groups excluding carboxylic acids is 1. The minimum atomic E-state index is -0.0166. The number of rotatable bonds is 2. The van der Waals surface area contributed by atoms with Gasteiger partial charge >= 0.3 is 0 Å². The molecule has 1 aliphatic rings. The highest BCUT2D eigenvalue weighted by molar-refractivity contribution is 7.99. The van der Waals surface area contributed by atoms with E-state index >= 15 is 0 Å². The van der Waals surface area contributed by atoms with Gasteiger partial charge in [-0.1, -0.05) is 0 Å². The Balaban J connectivity index is 2.11. The number of amides is 1. The highest BCUT2D eigenvalue weighted by atomic mass is 32.2. The van der Waals surface area contributed by atoms with Crippen molar-refractivity contribution in [3.63, 3.8) is 0 Å². The molecule has 0 bridgehead atoms. The molecule has 92 valence electrons. The summed E-state index contributed by atoms with van der Waals surface area (Å²) in [6.07, 6.45) is 4.19. The molecule has 1 saturated heterocycles. The van der Waals surface area contributed by atoms with Crippen molar-refractivity contribution in [3.05, 3.63) is 18.1 Å². The number of hydrogen-bond donors (Lipinski definition) is 1. The van der Waals surface area contributed by atoms with E-state index in [1.54, 1.807) is 13.2 Å². The SMILES string of the molecule is CNc1cncc(C(=O)N2CCCSCC2)n1. The Morgan fingerprint density at radius 1 is 1.41 bits per heavy atom. The van der Waals surface area contributed by atoms with Gasteiger partial charge in [-0.3, -0.25) is 9.78 Å². The van der Waals surface area contributed by atoms with Gasteiger partial charge in [-0.15, -0.1) is 0 Å². The summed E-state index contributed by atoms with van der Waals surface area (Å²) in [5, 5.41) is 2.89. The maximum absolute atomic E-state index is 12.2. The molecule has 1 amide bonds. The maximum Gasteiger partial charge on any atom is 0.274 e. The molecule has 1 aromatic rings. The molecule has 0 spiro atoms. The van der Waals surface area contributed by atoms with Gasteiger partial charge in [0.15, 0.2) is 0 Å². The summed E-state index contributed by atoms with van der Waals surface area (Å²) in [6, 6.07) is 0. The number of anilines is 1. The smallest absolute Gasteiger partial charge is 0.274 e. The largest absolute Gasteiger partial charge is 0.372 e. The number of carbonyl (C=O) groups is 1. The number of nitrogens with zero attached hydrogens (tertiary/aromatic N) is 3. The average Bonchev–Trinajstić information content (AvgIpc) is 2.67. The van der Waals surface area contributed by atoms with Crippen LogP contribution in [0.3, 0.4) is 0 Å². The number of thioether (sulfide) groups is 1. The van der Waals surface area contributed by atoms with Gasteiger partial charge in [-0.05, 0) is 12.2 Å². The Morgan fingerprint density at radius 3 is 3.12 bits per heavy atom. The van der Waals surface area contributed by atoms with Crippen LogP contribution in [0.2, 0.25) is 0 Å². The van der Waals surface area contributed by atoms with Crippen molar-refractivity contribution in [2.75, 3.05) is 37.0 Å². The lowest BCUT2D eigenvalue weighted by Gasteiger charge is -2.19. The molecule has 2 heterocycles. The standard InChI is InChI=1S/C11H16N4OS/c1-12-10-8-13-7-9(14-10)11(16)15-3-2-5-17-6-4-15/h7-8H,2-6H2,1H3,(H,12,14). The van der Waals surface area contributed by atoms with E-state index in [1.165, 1.54) is 6.20 Å². The van der Waals surface area contributed by atoms with Crippen LogP contribution in [0.15, 0.2) is 12.4 Å². The van der Waals surface area contributed by atoms with E-state index in [0.29, 0.717) is 11.5 Å². The second-order valence-electron chi connectivity index (χ2n) is 3.80. The summed E-state index contributed by atoms with van der Waals surface area (Å²) in [5.41, 5.74) is 0.420. The summed E-state index contributed by atoms with van der Waals surface area (Å²) < 4.78 is 0. The molecule has 0 saturated carbocycles. The van der Waals surface area contributed by atoms with E-state index < -0.39 is 0 Å². The summed E-state index contributed by atoms with van der Waals surface area (Å²) in [7, 11) is 1.76. The number of aromatic nitrogens is 2. The topological polar surface area (TPSA) is 58.1 Å². The molecule has 17 heavy (non-hydrogen) atoms. The molecule has 0 unspecified atom stereocenters. The van der Waals surface area contributed by atoms with E-state index in [4.69, 9.17) is 0 Å². The first-order valence-electron chi connectivity index (χ1n) is 5.68.